The quantitative estimate of drug-likeness (QED) is 0.797. The average Bonchev–Trinajstić information content (AvgIpc) is 3.07. The van der Waals surface area contributed by atoms with E-state index in [0.717, 1.165) is 27.5 Å². The number of thiazole rings is 1. The number of aliphatic hydroxyl groups excluding tert-OH is 1. The predicted octanol–water partition coefficient (Wildman–Crippen LogP) is 2.70. The Labute approximate surface area is 115 Å². The maximum Gasteiger partial charge on any atom is 0.123 e. The molecule has 0 radical (unpaired) electrons. The van der Waals surface area contributed by atoms with E-state index in [4.69, 9.17) is 5.11 Å². The SMILES string of the molecule is Cn1nccc1-c1ccc(-c2nc(CO)cs2)cc1. The Bertz CT molecular complexity index is 685. The molecule has 1 aromatic carbocycles. The molecular weight excluding hydrogens is 258 g/mol. The molecule has 0 aliphatic rings. The second kappa shape index (κ2) is 4.95. The van der Waals surface area contributed by atoms with Crippen molar-refractivity contribution in [2.24, 2.45) is 7.05 Å². The van der Waals surface area contributed by atoms with E-state index in [-0.39, 0.29) is 6.61 Å². The van der Waals surface area contributed by atoms with Gasteiger partial charge >= 0.3 is 0 Å². The van der Waals surface area contributed by atoms with Gasteiger partial charge in [-0.3, -0.25) is 4.68 Å². The van der Waals surface area contributed by atoms with Crippen LogP contribution in [0.2, 0.25) is 0 Å². The van der Waals surface area contributed by atoms with Crippen molar-refractivity contribution in [3.63, 3.8) is 0 Å². The fourth-order valence-corrected chi connectivity index (χ4v) is 2.77. The van der Waals surface area contributed by atoms with Gasteiger partial charge in [-0.2, -0.15) is 5.10 Å². The van der Waals surface area contributed by atoms with Crippen molar-refractivity contribution in [2.45, 2.75) is 6.61 Å². The molecule has 0 atom stereocenters. The molecule has 1 N–H and O–H groups in total. The molecule has 0 saturated carbocycles. The van der Waals surface area contributed by atoms with Crippen LogP contribution in [-0.4, -0.2) is 19.9 Å². The molecule has 0 fully saturated rings. The Hall–Kier alpha value is -1.98. The lowest BCUT2D eigenvalue weighted by Gasteiger charge is -2.03. The summed E-state index contributed by atoms with van der Waals surface area (Å²) >= 11 is 1.55. The smallest absolute Gasteiger partial charge is 0.123 e. The zero-order valence-corrected chi connectivity index (χ0v) is 11.3. The number of aromatic nitrogens is 3. The largest absolute Gasteiger partial charge is 0.390 e. The van der Waals surface area contributed by atoms with Crippen molar-refractivity contribution in [1.82, 2.24) is 14.8 Å². The first kappa shape index (κ1) is 12.1. The highest BCUT2D eigenvalue weighted by atomic mass is 32.1. The molecule has 0 spiro atoms. The van der Waals surface area contributed by atoms with Gasteiger partial charge in [0.25, 0.3) is 0 Å². The van der Waals surface area contributed by atoms with E-state index >= 15 is 0 Å². The Morgan fingerprint density at radius 2 is 1.89 bits per heavy atom. The van der Waals surface area contributed by atoms with Crippen LogP contribution in [0, 0.1) is 0 Å². The average molecular weight is 271 g/mol. The summed E-state index contributed by atoms with van der Waals surface area (Å²) < 4.78 is 1.85. The number of hydrogen-bond acceptors (Lipinski definition) is 4. The number of rotatable bonds is 3. The summed E-state index contributed by atoms with van der Waals surface area (Å²) in [7, 11) is 1.93. The van der Waals surface area contributed by atoms with Crippen LogP contribution in [0.1, 0.15) is 5.69 Å². The third kappa shape index (κ3) is 2.30. The summed E-state index contributed by atoms with van der Waals surface area (Å²) in [6.45, 7) is -0.0103. The van der Waals surface area contributed by atoms with Gasteiger partial charge in [0.1, 0.15) is 5.01 Å². The van der Waals surface area contributed by atoms with Crippen LogP contribution < -0.4 is 0 Å². The zero-order valence-electron chi connectivity index (χ0n) is 10.4. The third-order valence-electron chi connectivity index (χ3n) is 2.96. The third-order valence-corrected chi connectivity index (χ3v) is 3.90. The predicted molar refractivity (Wildman–Crippen MR) is 75.7 cm³/mol. The molecule has 0 bridgehead atoms. The first-order valence-corrected chi connectivity index (χ1v) is 6.80. The van der Waals surface area contributed by atoms with Gasteiger partial charge in [0.05, 0.1) is 18.0 Å². The lowest BCUT2D eigenvalue weighted by atomic mass is 10.1. The summed E-state index contributed by atoms with van der Waals surface area (Å²) in [6, 6.07) is 10.2. The van der Waals surface area contributed by atoms with E-state index in [1.165, 1.54) is 0 Å². The highest BCUT2D eigenvalue weighted by molar-refractivity contribution is 7.13. The van der Waals surface area contributed by atoms with Crippen LogP contribution in [0.25, 0.3) is 21.8 Å². The second-order valence-electron chi connectivity index (χ2n) is 4.22. The molecule has 0 aliphatic carbocycles. The standard InChI is InChI=1S/C14H13N3OS/c1-17-13(6-7-15-17)10-2-4-11(5-3-10)14-16-12(8-18)9-19-14/h2-7,9,18H,8H2,1H3. The second-order valence-corrected chi connectivity index (χ2v) is 5.08. The van der Waals surface area contributed by atoms with Gasteiger partial charge in [-0.25, -0.2) is 4.98 Å². The number of nitrogens with zero attached hydrogens (tertiary/aromatic N) is 3. The molecule has 4 nitrogen and oxygen atoms in total. The number of hydrogen-bond donors (Lipinski definition) is 1. The Morgan fingerprint density at radius 3 is 2.47 bits per heavy atom. The monoisotopic (exact) mass is 271 g/mol. The van der Waals surface area contributed by atoms with Crippen molar-refractivity contribution in [2.75, 3.05) is 0 Å². The number of aryl methyl sites for hydroxylation is 1. The van der Waals surface area contributed by atoms with E-state index in [0.29, 0.717) is 0 Å². The molecule has 0 aliphatic heterocycles. The molecule has 2 aromatic heterocycles. The maximum atomic E-state index is 9.03. The minimum atomic E-state index is -0.0103. The van der Waals surface area contributed by atoms with Crippen molar-refractivity contribution in [3.05, 3.63) is 47.6 Å². The highest BCUT2D eigenvalue weighted by Gasteiger charge is 2.06. The summed E-state index contributed by atoms with van der Waals surface area (Å²) in [5.74, 6) is 0. The minimum absolute atomic E-state index is 0.0103. The van der Waals surface area contributed by atoms with Gasteiger partial charge in [-0.05, 0) is 11.6 Å². The van der Waals surface area contributed by atoms with Crippen LogP contribution in [0.5, 0.6) is 0 Å². The number of benzene rings is 1. The van der Waals surface area contributed by atoms with E-state index in [9.17, 15) is 0 Å². The van der Waals surface area contributed by atoms with Gasteiger partial charge in [0.2, 0.25) is 0 Å². The fourth-order valence-electron chi connectivity index (χ4n) is 1.95. The molecule has 0 saturated heterocycles. The summed E-state index contributed by atoms with van der Waals surface area (Å²) in [5.41, 5.74) is 4.00. The summed E-state index contributed by atoms with van der Waals surface area (Å²) in [4.78, 5) is 4.36. The van der Waals surface area contributed by atoms with Crippen LogP contribution >= 0.6 is 11.3 Å². The van der Waals surface area contributed by atoms with Crippen molar-refractivity contribution in [3.8, 4) is 21.8 Å². The Morgan fingerprint density at radius 1 is 1.16 bits per heavy atom. The van der Waals surface area contributed by atoms with Gasteiger partial charge < -0.3 is 5.11 Å². The normalized spacial score (nSPS) is 10.8. The topological polar surface area (TPSA) is 50.9 Å². The molecule has 0 amide bonds. The van der Waals surface area contributed by atoms with Crippen molar-refractivity contribution < 1.29 is 5.11 Å². The molecule has 3 rings (SSSR count). The first-order chi connectivity index (χ1) is 9.28. The molecule has 5 heteroatoms. The van der Waals surface area contributed by atoms with Gasteiger partial charge in [-0.15, -0.1) is 11.3 Å². The van der Waals surface area contributed by atoms with E-state index in [1.807, 2.05) is 35.3 Å². The van der Waals surface area contributed by atoms with Crippen LogP contribution in [-0.2, 0) is 13.7 Å². The van der Waals surface area contributed by atoms with Crippen molar-refractivity contribution >= 4 is 11.3 Å². The van der Waals surface area contributed by atoms with E-state index in [1.54, 1.807) is 17.5 Å². The van der Waals surface area contributed by atoms with E-state index < -0.39 is 0 Å². The molecular formula is C14H13N3OS. The summed E-state index contributed by atoms with van der Waals surface area (Å²) in [6.07, 6.45) is 1.79. The van der Waals surface area contributed by atoms with Crippen LogP contribution in [0.15, 0.2) is 41.9 Å². The minimum Gasteiger partial charge on any atom is -0.390 e. The Balaban J connectivity index is 1.92. The lowest BCUT2D eigenvalue weighted by molar-refractivity contribution is 0.278. The van der Waals surface area contributed by atoms with Crippen molar-refractivity contribution in [1.29, 1.82) is 0 Å². The van der Waals surface area contributed by atoms with Gasteiger partial charge in [0.15, 0.2) is 0 Å². The molecule has 0 unspecified atom stereocenters. The molecule has 96 valence electrons. The zero-order chi connectivity index (χ0) is 13.2. The maximum absolute atomic E-state index is 9.03. The van der Waals surface area contributed by atoms with Crippen LogP contribution in [0.4, 0.5) is 0 Å². The molecule has 3 aromatic rings. The number of aliphatic hydroxyl groups is 1. The summed E-state index contributed by atoms with van der Waals surface area (Å²) in [5, 5.41) is 16.0. The van der Waals surface area contributed by atoms with E-state index in [2.05, 4.69) is 22.2 Å². The lowest BCUT2D eigenvalue weighted by Crippen LogP contribution is -1.92. The van der Waals surface area contributed by atoms with Crippen LogP contribution in [0.3, 0.4) is 0 Å². The fraction of sp³-hybridized carbons (Fsp3) is 0.143. The first-order valence-electron chi connectivity index (χ1n) is 5.92. The highest BCUT2D eigenvalue weighted by Crippen LogP contribution is 2.26. The van der Waals surface area contributed by atoms with Gasteiger partial charge in [0, 0.05) is 24.2 Å². The van der Waals surface area contributed by atoms with Gasteiger partial charge in [-0.1, -0.05) is 24.3 Å². The molecule has 2 heterocycles. The Kier molecular flexibility index (Phi) is 3.15. The molecule has 19 heavy (non-hydrogen) atoms.